The van der Waals surface area contributed by atoms with Crippen LogP contribution in [0.4, 0.5) is 0 Å². The van der Waals surface area contributed by atoms with Crippen molar-refractivity contribution in [1.29, 1.82) is 0 Å². The Morgan fingerprint density at radius 1 is 1.30 bits per heavy atom. The average Bonchev–Trinajstić information content (AvgIpc) is 2.93. The number of aromatic nitrogens is 3. The Balaban J connectivity index is 1.52. The standard InChI is InChI=1S/C18H23N3O2/c1-2-14-7-9-16(10-8-14)23-12-4-11-21-18(15-5-3-6-15)17(13-22)19-20-21/h7-10,13,15H,2-6,11-12H2,1H3. The van der Waals surface area contributed by atoms with Crippen LogP contribution in [-0.2, 0) is 13.0 Å². The molecule has 0 amide bonds. The Morgan fingerprint density at radius 2 is 2.09 bits per heavy atom. The van der Waals surface area contributed by atoms with Crippen molar-refractivity contribution in [2.45, 2.75) is 51.5 Å². The first-order valence-electron chi connectivity index (χ1n) is 8.42. The molecule has 0 saturated heterocycles. The topological polar surface area (TPSA) is 57.0 Å². The van der Waals surface area contributed by atoms with E-state index in [-0.39, 0.29) is 0 Å². The molecule has 1 aromatic heterocycles. The van der Waals surface area contributed by atoms with Gasteiger partial charge >= 0.3 is 0 Å². The predicted molar refractivity (Wildman–Crippen MR) is 87.9 cm³/mol. The Hall–Kier alpha value is -2.17. The Morgan fingerprint density at radius 3 is 2.70 bits per heavy atom. The number of carbonyl (C=O) groups is 1. The zero-order valence-corrected chi connectivity index (χ0v) is 13.6. The Labute approximate surface area is 136 Å². The number of hydrogen-bond acceptors (Lipinski definition) is 4. The van der Waals surface area contributed by atoms with E-state index in [1.165, 1.54) is 12.0 Å². The van der Waals surface area contributed by atoms with Crippen LogP contribution in [-0.4, -0.2) is 27.9 Å². The first-order chi connectivity index (χ1) is 11.3. The molecule has 23 heavy (non-hydrogen) atoms. The van der Waals surface area contributed by atoms with E-state index >= 15 is 0 Å². The highest BCUT2D eigenvalue weighted by atomic mass is 16.5. The van der Waals surface area contributed by atoms with Crippen molar-refractivity contribution in [2.24, 2.45) is 0 Å². The summed E-state index contributed by atoms with van der Waals surface area (Å²) in [5, 5.41) is 8.13. The van der Waals surface area contributed by atoms with Gasteiger partial charge in [-0.25, -0.2) is 4.68 Å². The molecule has 1 fully saturated rings. The van der Waals surface area contributed by atoms with Gasteiger partial charge in [-0.05, 0) is 37.0 Å². The second kappa shape index (κ2) is 7.40. The van der Waals surface area contributed by atoms with Crippen molar-refractivity contribution in [3.63, 3.8) is 0 Å². The minimum Gasteiger partial charge on any atom is -0.494 e. The highest BCUT2D eigenvalue weighted by Crippen LogP contribution is 2.37. The lowest BCUT2D eigenvalue weighted by Crippen LogP contribution is -2.17. The average molecular weight is 313 g/mol. The number of ether oxygens (including phenoxy) is 1. The minimum atomic E-state index is 0.452. The van der Waals surface area contributed by atoms with E-state index in [4.69, 9.17) is 4.74 Å². The van der Waals surface area contributed by atoms with Crippen LogP contribution in [0.15, 0.2) is 24.3 Å². The number of rotatable bonds is 8. The maximum absolute atomic E-state index is 11.1. The van der Waals surface area contributed by atoms with E-state index in [0.717, 1.165) is 50.0 Å². The number of carbonyl (C=O) groups excluding carboxylic acids is 1. The molecule has 1 aliphatic carbocycles. The summed E-state index contributed by atoms with van der Waals surface area (Å²) in [6.07, 6.45) is 6.20. The second-order valence-electron chi connectivity index (χ2n) is 6.03. The van der Waals surface area contributed by atoms with Crippen molar-refractivity contribution < 1.29 is 9.53 Å². The third-order valence-corrected chi connectivity index (χ3v) is 4.52. The fraction of sp³-hybridized carbons (Fsp3) is 0.500. The Bertz CT molecular complexity index is 645. The highest BCUT2D eigenvalue weighted by Gasteiger charge is 2.27. The molecule has 0 unspecified atom stereocenters. The van der Waals surface area contributed by atoms with Crippen LogP contribution in [0.5, 0.6) is 5.75 Å². The lowest BCUT2D eigenvalue weighted by Gasteiger charge is -2.26. The van der Waals surface area contributed by atoms with Crippen LogP contribution in [0.2, 0.25) is 0 Å². The lowest BCUT2D eigenvalue weighted by molar-refractivity contribution is 0.111. The maximum Gasteiger partial charge on any atom is 0.172 e. The van der Waals surface area contributed by atoms with Crippen molar-refractivity contribution in [2.75, 3.05) is 6.61 Å². The summed E-state index contributed by atoms with van der Waals surface area (Å²) in [5.74, 6) is 1.35. The molecule has 0 bridgehead atoms. The van der Waals surface area contributed by atoms with Gasteiger partial charge in [-0.2, -0.15) is 0 Å². The summed E-state index contributed by atoms with van der Waals surface area (Å²) in [4.78, 5) is 11.1. The van der Waals surface area contributed by atoms with Crippen LogP contribution >= 0.6 is 0 Å². The molecule has 0 aliphatic heterocycles. The van der Waals surface area contributed by atoms with Gasteiger partial charge in [0.15, 0.2) is 6.29 Å². The van der Waals surface area contributed by atoms with Gasteiger partial charge in [-0.1, -0.05) is 30.7 Å². The van der Waals surface area contributed by atoms with Gasteiger partial charge in [0.25, 0.3) is 0 Å². The molecule has 1 aromatic carbocycles. The molecule has 0 atom stereocenters. The van der Waals surface area contributed by atoms with Gasteiger partial charge in [0.2, 0.25) is 0 Å². The quantitative estimate of drug-likeness (QED) is 0.554. The molecule has 5 nitrogen and oxygen atoms in total. The zero-order chi connectivity index (χ0) is 16.1. The van der Waals surface area contributed by atoms with Gasteiger partial charge in [0.1, 0.15) is 11.4 Å². The largest absolute Gasteiger partial charge is 0.494 e. The van der Waals surface area contributed by atoms with Crippen LogP contribution in [0, 0.1) is 0 Å². The number of nitrogens with zero attached hydrogens (tertiary/aromatic N) is 3. The van der Waals surface area contributed by atoms with Gasteiger partial charge in [0, 0.05) is 18.9 Å². The van der Waals surface area contributed by atoms with Crippen LogP contribution in [0.25, 0.3) is 0 Å². The number of aryl methyl sites for hydroxylation is 2. The zero-order valence-electron chi connectivity index (χ0n) is 13.6. The van der Waals surface area contributed by atoms with Crippen molar-refractivity contribution in [1.82, 2.24) is 15.0 Å². The molecule has 0 N–H and O–H groups in total. The normalized spacial score (nSPS) is 14.5. The third kappa shape index (κ3) is 3.60. The van der Waals surface area contributed by atoms with Crippen LogP contribution in [0.3, 0.4) is 0 Å². The molecule has 0 radical (unpaired) electrons. The number of hydrogen-bond donors (Lipinski definition) is 0. The molecular weight excluding hydrogens is 290 g/mol. The van der Waals surface area contributed by atoms with Crippen LogP contribution in [0.1, 0.15) is 60.3 Å². The third-order valence-electron chi connectivity index (χ3n) is 4.52. The molecule has 1 saturated carbocycles. The van der Waals surface area contributed by atoms with Crippen molar-refractivity contribution in [3.05, 3.63) is 41.2 Å². The Kier molecular flexibility index (Phi) is 5.05. The summed E-state index contributed by atoms with van der Waals surface area (Å²) in [6, 6.07) is 8.22. The molecule has 1 aliphatic rings. The van der Waals surface area contributed by atoms with E-state index in [0.29, 0.717) is 18.2 Å². The van der Waals surface area contributed by atoms with Gasteiger partial charge in [-0.15, -0.1) is 5.10 Å². The smallest absolute Gasteiger partial charge is 0.172 e. The summed E-state index contributed by atoms with van der Waals surface area (Å²) in [6.45, 7) is 3.51. The maximum atomic E-state index is 11.1. The molecule has 5 heteroatoms. The fourth-order valence-corrected chi connectivity index (χ4v) is 2.91. The summed E-state index contributed by atoms with van der Waals surface area (Å²) >= 11 is 0. The fourth-order valence-electron chi connectivity index (χ4n) is 2.91. The van der Waals surface area contributed by atoms with Gasteiger partial charge < -0.3 is 4.74 Å². The van der Waals surface area contributed by atoms with E-state index in [9.17, 15) is 4.79 Å². The number of aldehydes is 1. The summed E-state index contributed by atoms with van der Waals surface area (Å²) < 4.78 is 7.66. The molecule has 2 aromatic rings. The lowest BCUT2D eigenvalue weighted by atomic mass is 9.82. The molecule has 1 heterocycles. The van der Waals surface area contributed by atoms with E-state index < -0.39 is 0 Å². The van der Waals surface area contributed by atoms with Crippen LogP contribution < -0.4 is 4.74 Å². The highest BCUT2D eigenvalue weighted by molar-refractivity contribution is 5.73. The second-order valence-corrected chi connectivity index (χ2v) is 6.03. The summed E-state index contributed by atoms with van der Waals surface area (Å²) in [5.41, 5.74) is 2.83. The molecule has 122 valence electrons. The monoisotopic (exact) mass is 313 g/mol. The minimum absolute atomic E-state index is 0.452. The van der Waals surface area contributed by atoms with E-state index in [2.05, 4.69) is 29.4 Å². The molecule has 0 spiro atoms. The summed E-state index contributed by atoms with van der Waals surface area (Å²) in [7, 11) is 0. The van der Waals surface area contributed by atoms with Gasteiger partial charge in [0.05, 0.1) is 12.3 Å². The predicted octanol–water partition coefficient (Wildman–Crippen LogP) is 3.39. The number of benzene rings is 1. The van der Waals surface area contributed by atoms with E-state index in [1.54, 1.807) is 0 Å². The molecule has 3 rings (SSSR count). The van der Waals surface area contributed by atoms with Crippen molar-refractivity contribution in [3.8, 4) is 5.75 Å². The first-order valence-corrected chi connectivity index (χ1v) is 8.42. The van der Waals surface area contributed by atoms with E-state index in [1.807, 2.05) is 16.8 Å². The first kappa shape index (κ1) is 15.7. The van der Waals surface area contributed by atoms with Crippen molar-refractivity contribution >= 4 is 6.29 Å². The SMILES string of the molecule is CCc1ccc(OCCCn2nnc(C=O)c2C2CCC2)cc1. The molecular formula is C18H23N3O2. The van der Waals surface area contributed by atoms with Gasteiger partial charge in [-0.3, -0.25) is 4.79 Å².